The molecule has 0 aliphatic heterocycles. The van der Waals surface area contributed by atoms with Gasteiger partial charge in [-0.3, -0.25) is 0 Å². The summed E-state index contributed by atoms with van der Waals surface area (Å²) in [6.07, 6.45) is 0.684. The van der Waals surface area contributed by atoms with Crippen LogP contribution >= 0.6 is 29.1 Å². The average Bonchev–Trinajstić information content (AvgIpc) is 2.62. The van der Waals surface area contributed by atoms with Crippen LogP contribution in [-0.4, -0.2) is 6.16 Å². The predicted molar refractivity (Wildman–Crippen MR) is 103 cm³/mol. The molecule has 0 bridgehead atoms. The molecule has 0 heterocycles. The maximum Gasteiger partial charge on any atom is 0.0870 e. The summed E-state index contributed by atoms with van der Waals surface area (Å²) in [5.41, 5.74) is 3.31. The van der Waals surface area contributed by atoms with Gasteiger partial charge in [0.05, 0.1) is 12.0 Å². The molecule has 116 valence electrons. The average molecular weight is 359 g/mol. The summed E-state index contributed by atoms with van der Waals surface area (Å²) >= 11 is 12.7. The van der Waals surface area contributed by atoms with Crippen LogP contribution in [0.5, 0.6) is 0 Å². The second kappa shape index (κ2) is 7.49. The molecule has 0 radical (unpaired) electrons. The van der Waals surface area contributed by atoms with Crippen LogP contribution in [-0.2, 0) is 5.41 Å². The van der Waals surface area contributed by atoms with Crippen LogP contribution in [0.2, 0.25) is 0 Å². The Balaban J connectivity index is 2.30. The zero-order chi connectivity index (χ0) is 16.1. The molecule has 0 unspecified atom stereocenters. The third kappa shape index (κ3) is 3.45. The molecule has 0 saturated carbocycles. The Morgan fingerprint density at radius 2 is 0.870 bits per heavy atom. The van der Waals surface area contributed by atoms with E-state index in [2.05, 4.69) is 72.8 Å². The molecule has 0 fully saturated rings. The zero-order valence-electron chi connectivity index (χ0n) is 12.6. The summed E-state index contributed by atoms with van der Waals surface area (Å²) in [7, 11) is 0. The van der Waals surface area contributed by atoms with Gasteiger partial charge >= 0.3 is 0 Å². The minimum Gasteiger partial charge on any atom is -0.0780 e. The number of halogens is 2. The molecule has 3 aromatic carbocycles. The van der Waals surface area contributed by atoms with Gasteiger partial charge in [0.1, 0.15) is 0 Å². The minimum atomic E-state index is -1.11. The van der Waals surface area contributed by atoms with Crippen LogP contribution in [0.4, 0.5) is 0 Å². The summed E-state index contributed by atoms with van der Waals surface area (Å²) in [4.78, 5) is 0. The van der Waals surface area contributed by atoms with E-state index in [1.807, 2.05) is 18.2 Å². The van der Waals surface area contributed by atoms with Gasteiger partial charge in [-0.25, -0.2) is 0 Å². The van der Waals surface area contributed by atoms with Gasteiger partial charge in [0.15, 0.2) is 0 Å². The molecule has 0 nitrogen and oxygen atoms in total. The van der Waals surface area contributed by atoms with E-state index < -0.39 is 6.63 Å². The fourth-order valence-corrected chi connectivity index (χ4v) is 5.10. The summed E-state index contributed by atoms with van der Waals surface area (Å²) in [6, 6.07) is 31.5. The van der Waals surface area contributed by atoms with Crippen molar-refractivity contribution in [2.75, 3.05) is 6.16 Å². The van der Waals surface area contributed by atoms with Crippen LogP contribution in [0.1, 0.15) is 16.7 Å². The number of benzene rings is 3. The van der Waals surface area contributed by atoms with E-state index in [4.69, 9.17) is 22.5 Å². The van der Waals surface area contributed by atoms with E-state index in [1.165, 1.54) is 16.7 Å². The summed E-state index contributed by atoms with van der Waals surface area (Å²) in [5, 5.41) is 0. The van der Waals surface area contributed by atoms with E-state index in [1.54, 1.807) is 0 Å². The first-order valence-electron chi connectivity index (χ1n) is 7.49. The molecule has 0 saturated heterocycles. The van der Waals surface area contributed by atoms with Gasteiger partial charge in [-0.2, -0.15) is 0 Å². The van der Waals surface area contributed by atoms with Gasteiger partial charge in [-0.05, 0) is 16.7 Å². The van der Waals surface area contributed by atoms with Crippen LogP contribution in [0, 0.1) is 0 Å². The topological polar surface area (TPSA) is 0 Å². The summed E-state index contributed by atoms with van der Waals surface area (Å²) < 4.78 is 0. The Labute approximate surface area is 148 Å². The van der Waals surface area contributed by atoms with Gasteiger partial charge in [0.2, 0.25) is 0 Å². The van der Waals surface area contributed by atoms with Gasteiger partial charge in [0, 0.05) is 6.16 Å². The third-order valence-corrected chi connectivity index (χ3v) is 5.59. The van der Waals surface area contributed by atoms with Crippen LogP contribution in [0.25, 0.3) is 0 Å². The van der Waals surface area contributed by atoms with E-state index in [0.29, 0.717) is 6.16 Å². The highest BCUT2D eigenvalue weighted by Gasteiger charge is 2.37. The molecule has 23 heavy (non-hydrogen) atoms. The van der Waals surface area contributed by atoms with Gasteiger partial charge in [0.25, 0.3) is 0 Å². The second-order valence-electron chi connectivity index (χ2n) is 5.46. The van der Waals surface area contributed by atoms with E-state index in [9.17, 15) is 0 Å². The van der Waals surface area contributed by atoms with Gasteiger partial charge < -0.3 is 0 Å². The Kier molecular flexibility index (Phi) is 5.38. The molecule has 0 aliphatic rings. The van der Waals surface area contributed by atoms with E-state index >= 15 is 0 Å². The second-order valence-corrected chi connectivity index (χ2v) is 9.35. The van der Waals surface area contributed by atoms with Crippen molar-refractivity contribution in [3.05, 3.63) is 108 Å². The molecule has 3 aromatic rings. The van der Waals surface area contributed by atoms with E-state index in [-0.39, 0.29) is 5.41 Å². The Morgan fingerprint density at radius 1 is 0.565 bits per heavy atom. The van der Waals surface area contributed by atoms with Gasteiger partial charge in [-0.1, -0.05) is 113 Å². The van der Waals surface area contributed by atoms with Crippen molar-refractivity contribution in [3.8, 4) is 0 Å². The lowest BCUT2D eigenvalue weighted by Gasteiger charge is -2.36. The first-order valence-corrected chi connectivity index (χ1v) is 10.8. The van der Waals surface area contributed by atoms with Crippen molar-refractivity contribution in [2.45, 2.75) is 5.41 Å². The first-order chi connectivity index (χ1) is 11.2. The summed E-state index contributed by atoms with van der Waals surface area (Å²) in [6.45, 7) is -1.11. The van der Waals surface area contributed by atoms with Crippen molar-refractivity contribution in [1.82, 2.24) is 0 Å². The third-order valence-electron chi connectivity index (χ3n) is 4.16. The molecule has 0 amide bonds. The molecular weight excluding hydrogens is 342 g/mol. The quantitative estimate of drug-likeness (QED) is 0.347. The molecule has 3 heteroatoms. The Morgan fingerprint density at radius 3 is 1.13 bits per heavy atom. The normalized spacial score (nSPS) is 11.6. The fourth-order valence-electron chi connectivity index (χ4n) is 3.12. The van der Waals surface area contributed by atoms with Crippen molar-refractivity contribution in [3.63, 3.8) is 0 Å². The minimum absolute atomic E-state index is 0.334. The van der Waals surface area contributed by atoms with Crippen LogP contribution in [0.15, 0.2) is 91.0 Å². The molecule has 0 atom stereocenters. The lowest BCUT2D eigenvalue weighted by Crippen LogP contribution is -2.32. The molecule has 0 spiro atoms. The molecule has 0 aromatic heterocycles. The number of rotatable bonds is 5. The highest BCUT2D eigenvalue weighted by Crippen LogP contribution is 2.55. The van der Waals surface area contributed by atoms with E-state index in [0.717, 1.165) is 0 Å². The largest absolute Gasteiger partial charge is 0.0870 e. The highest BCUT2D eigenvalue weighted by molar-refractivity contribution is 8.03. The van der Waals surface area contributed by atoms with Crippen LogP contribution in [0.3, 0.4) is 0 Å². The maximum atomic E-state index is 6.34. The van der Waals surface area contributed by atoms with Crippen molar-refractivity contribution < 1.29 is 0 Å². The first kappa shape index (κ1) is 16.5. The van der Waals surface area contributed by atoms with Crippen LogP contribution < -0.4 is 0 Å². The van der Waals surface area contributed by atoms with Gasteiger partial charge in [-0.15, -0.1) is 0 Å². The molecular formula is C20H17Cl2P. The number of hydrogen-bond acceptors (Lipinski definition) is 0. The lowest BCUT2D eigenvalue weighted by molar-refractivity contribution is 0.704. The Hall–Kier alpha value is -1.33. The number of hydrogen-bond donors (Lipinski definition) is 0. The van der Waals surface area contributed by atoms with Crippen molar-refractivity contribution in [1.29, 1.82) is 0 Å². The standard InChI is InChI=1S/C20H17Cl2P/c21-23(22)16-20(17-10-4-1-5-11-17,18-12-6-2-7-13-18)19-14-8-3-9-15-19/h1-15H,16H2. The smallest absolute Gasteiger partial charge is 0.0780 e. The van der Waals surface area contributed by atoms with Crippen molar-refractivity contribution in [2.24, 2.45) is 0 Å². The summed E-state index contributed by atoms with van der Waals surface area (Å²) in [5.74, 6) is 0. The predicted octanol–water partition coefficient (Wildman–Crippen LogP) is 6.81. The molecule has 0 aliphatic carbocycles. The molecule has 3 rings (SSSR count). The lowest BCUT2D eigenvalue weighted by atomic mass is 9.71. The van der Waals surface area contributed by atoms with Crippen molar-refractivity contribution >= 4 is 29.1 Å². The maximum absolute atomic E-state index is 6.34. The Bertz CT molecular complexity index is 631. The SMILES string of the molecule is ClP(Cl)CC(c1ccccc1)(c1ccccc1)c1ccccc1. The highest BCUT2D eigenvalue weighted by atomic mass is 35.9. The monoisotopic (exact) mass is 358 g/mol. The fraction of sp³-hybridized carbons (Fsp3) is 0.100. The molecule has 0 N–H and O–H groups in total. The zero-order valence-corrected chi connectivity index (χ0v) is 15.0.